The fourth-order valence-electron chi connectivity index (χ4n) is 8.26. The van der Waals surface area contributed by atoms with Crippen LogP contribution in [0.3, 0.4) is 0 Å². The van der Waals surface area contributed by atoms with Crippen LogP contribution in [0.15, 0.2) is 24.3 Å². The van der Waals surface area contributed by atoms with Gasteiger partial charge in [0.05, 0.1) is 39.4 Å². The number of fused-ring (bicyclic) bond motifs is 1. The minimum Gasteiger partial charge on any atom is -0.344 e. The van der Waals surface area contributed by atoms with E-state index in [-0.39, 0.29) is 5.79 Å². The Morgan fingerprint density at radius 3 is 1.16 bits per heavy atom. The van der Waals surface area contributed by atoms with E-state index >= 15 is 0 Å². The third-order valence-corrected chi connectivity index (χ3v) is 11.7. The van der Waals surface area contributed by atoms with Gasteiger partial charge in [-0.05, 0) is 44.9 Å². The minimum absolute atomic E-state index is 0.296. The van der Waals surface area contributed by atoms with Gasteiger partial charge in [-0.25, -0.2) is 0 Å². The molecule has 4 atom stereocenters. The number of hydrogen-bond acceptors (Lipinski definition) is 2. The third kappa shape index (κ3) is 22.1. The standard InChI is InChI=1S/C46H88NO2/c1-6-8-10-12-14-16-18-20-22-24-26-28-30-32-34-36-38-40-46(48-44-41-43(47(3,4)5)42-45(44)49-46)39-37-35-33-31-29-27-25-23-21-19-17-15-13-11-9-7-2/h15,17,21,23,43-45H,6-14,16,18-20,22,24-42H2,1-5H3/q+1/t43?,44-,45?,46?/m0/s1. The lowest BCUT2D eigenvalue weighted by molar-refractivity contribution is -0.895. The first-order valence-corrected chi connectivity index (χ1v) is 22.4. The van der Waals surface area contributed by atoms with Crippen molar-refractivity contribution in [2.24, 2.45) is 0 Å². The van der Waals surface area contributed by atoms with Gasteiger partial charge in [-0.15, -0.1) is 0 Å². The van der Waals surface area contributed by atoms with Crippen LogP contribution in [0.2, 0.25) is 0 Å². The number of allylic oxidation sites excluding steroid dienone is 4. The molecule has 49 heavy (non-hydrogen) atoms. The first-order valence-electron chi connectivity index (χ1n) is 22.4. The molecule has 2 fully saturated rings. The smallest absolute Gasteiger partial charge is 0.169 e. The van der Waals surface area contributed by atoms with E-state index < -0.39 is 0 Å². The van der Waals surface area contributed by atoms with Gasteiger partial charge in [0.1, 0.15) is 0 Å². The van der Waals surface area contributed by atoms with Crippen LogP contribution in [0, 0.1) is 0 Å². The van der Waals surface area contributed by atoms with Crippen LogP contribution in [-0.4, -0.2) is 49.7 Å². The second-order valence-electron chi connectivity index (χ2n) is 17.2. The van der Waals surface area contributed by atoms with Crippen LogP contribution in [0.1, 0.15) is 226 Å². The molecule has 1 aliphatic carbocycles. The van der Waals surface area contributed by atoms with Crippen molar-refractivity contribution < 1.29 is 14.0 Å². The van der Waals surface area contributed by atoms with E-state index in [1.165, 1.54) is 193 Å². The number of ether oxygens (including phenoxy) is 2. The first-order chi connectivity index (χ1) is 23.9. The maximum atomic E-state index is 6.91. The molecule has 0 bridgehead atoms. The van der Waals surface area contributed by atoms with Crippen LogP contribution >= 0.6 is 0 Å². The van der Waals surface area contributed by atoms with Gasteiger partial charge in [0.15, 0.2) is 5.79 Å². The number of rotatable bonds is 34. The molecule has 0 amide bonds. The Hall–Kier alpha value is -0.640. The van der Waals surface area contributed by atoms with E-state index in [4.69, 9.17) is 9.47 Å². The van der Waals surface area contributed by atoms with Gasteiger partial charge in [0.25, 0.3) is 0 Å². The van der Waals surface area contributed by atoms with Crippen LogP contribution in [0.5, 0.6) is 0 Å². The Labute approximate surface area is 308 Å². The summed E-state index contributed by atoms with van der Waals surface area (Å²) in [6, 6.07) is 0.662. The number of unbranched alkanes of at least 4 members (excludes halogenated alkanes) is 25. The fourth-order valence-corrected chi connectivity index (χ4v) is 8.26. The zero-order valence-corrected chi connectivity index (χ0v) is 34.1. The highest BCUT2D eigenvalue weighted by Gasteiger charge is 2.53. The van der Waals surface area contributed by atoms with Crippen molar-refractivity contribution in [1.29, 1.82) is 0 Å². The monoisotopic (exact) mass is 687 g/mol. The molecule has 0 radical (unpaired) electrons. The summed E-state index contributed by atoms with van der Waals surface area (Å²) in [6.45, 7) is 4.58. The van der Waals surface area contributed by atoms with Gasteiger partial charge in [-0.2, -0.15) is 0 Å². The molecule has 2 rings (SSSR count). The summed E-state index contributed by atoms with van der Waals surface area (Å²) in [7, 11) is 7.00. The quantitative estimate of drug-likeness (QED) is 0.0381. The van der Waals surface area contributed by atoms with Crippen molar-refractivity contribution in [2.45, 2.75) is 250 Å². The van der Waals surface area contributed by atoms with Crippen molar-refractivity contribution >= 4 is 0 Å². The average Bonchev–Trinajstić information content (AvgIpc) is 3.63. The molecule has 0 aromatic rings. The molecular formula is C46H88NO2+. The maximum Gasteiger partial charge on any atom is 0.169 e. The summed E-state index contributed by atoms with van der Waals surface area (Å²) in [5, 5.41) is 0. The van der Waals surface area contributed by atoms with Crippen LogP contribution in [0.25, 0.3) is 0 Å². The highest BCUT2D eigenvalue weighted by molar-refractivity contribution is 4.95. The van der Waals surface area contributed by atoms with Crippen molar-refractivity contribution in [3.05, 3.63) is 24.3 Å². The Bertz CT molecular complexity index is 783. The van der Waals surface area contributed by atoms with Gasteiger partial charge < -0.3 is 14.0 Å². The number of quaternary nitrogens is 1. The SMILES string of the molecule is CCCCCC=CCC=CCCCCCCCCC1(CCCCCCCCCCCCCCCCCCC)OC2CC([N+](C)(C)C)C[C@@H]2O1. The van der Waals surface area contributed by atoms with E-state index in [1.54, 1.807) is 0 Å². The normalized spacial score (nSPS) is 22.7. The predicted octanol–water partition coefficient (Wildman–Crippen LogP) is 14.6. The second kappa shape index (κ2) is 28.9. The molecule has 2 aliphatic rings. The fraction of sp³-hybridized carbons (Fsp3) is 0.913. The van der Waals surface area contributed by atoms with Gasteiger partial charge in [-0.1, -0.05) is 179 Å². The van der Waals surface area contributed by atoms with Crippen molar-refractivity contribution in [2.75, 3.05) is 21.1 Å². The Kier molecular flexibility index (Phi) is 26.2. The maximum absolute atomic E-state index is 6.91. The summed E-state index contributed by atoms with van der Waals surface area (Å²) in [5.41, 5.74) is 0. The molecule has 0 aromatic heterocycles. The van der Waals surface area contributed by atoms with Crippen LogP contribution in [-0.2, 0) is 9.47 Å². The zero-order chi connectivity index (χ0) is 35.3. The minimum atomic E-state index is -0.296. The molecule has 3 heteroatoms. The molecule has 1 saturated heterocycles. The molecule has 1 aliphatic heterocycles. The molecule has 3 nitrogen and oxygen atoms in total. The largest absolute Gasteiger partial charge is 0.344 e. The molecule has 0 spiro atoms. The molecule has 288 valence electrons. The average molecular weight is 687 g/mol. The second-order valence-corrected chi connectivity index (χ2v) is 17.2. The molecule has 3 unspecified atom stereocenters. The van der Waals surface area contributed by atoms with Crippen molar-refractivity contribution in [3.8, 4) is 0 Å². The molecule has 1 heterocycles. The van der Waals surface area contributed by atoms with E-state index in [0.29, 0.717) is 18.2 Å². The molecule has 0 aromatic carbocycles. The highest BCUT2D eigenvalue weighted by Crippen LogP contribution is 2.45. The number of nitrogens with zero attached hydrogens (tertiary/aromatic N) is 1. The van der Waals surface area contributed by atoms with E-state index in [2.05, 4.69) is 59.3 Å². The zero-order valence-electron chi connectivity index (χ0n) is 34.1. The Morgan fingerprint density at radius 2 is 0.776 bits per heavy atom. The topological polar surface area (TPSA) is 18.5 Å². The summed E-state index contributed by atoms with van der Waals surface area (Å²) >= 11 is 0. The summed E-state index contributed by atoms with van der Waals surface area (Å²) in [6.07, 6.45) is 54.5. The predicted molar refractivity (Wildman–Crippen MR) is 216 cm³/mol. The van der Waals surface area contributed by atoms with E-state index in [1.807, 2.05) is 0 Å². The van der Waals surface area contributed by atoms with Crippen molar-refractivity contribution in [1.82, 2.24) is 0 Å². The van der Waals surface area contributed by atoms with E-state index in [0.717, 1.165) is 23.7 Å². The summed E-state index contributed by atoms with van der Waals surface area (Å²) < 4.78 is 14.8. The van der Waals surface area contributed by atoms with Crippen LogP contribution < -0.4 is 0 Å². The highest BCUT2D eigenvalue weighted by atomic mass is 16.8. The number of hydrogen-bond donors (Lipinski definition) is 0. The van der Waals surface area contributed by atoms with E-state index in [9.17, 15) is 0 Å². The Balaban J connectivity index is 1.54. The van der Waals surface area contributed by atoms with Crippen molar-refractivity contribution in [3.63, 3.8) is 0 Å². The molecule has 0 N–H and O–H groups in total. The van der Waals surface area contributed by atoms with Crippen LogP contribution in [0.4, 0.5) is 0 Å². The summed E-state index contributed by atoms with van der Waals surface area (Å²) in [5.74, 6) is -0.296. The lowest BCUT2D eigenvalue weighted by Gasteiger charge is -2.34. The first kappa shape index (κ1) is 44.5. The molecule has 1 saturated carbocycles. The van der Waals surface area contributed by atoms with Gasteiger partial charge >= 0.3 is 0 Å². The van der Waals surface area contributed by atoms with Gasteiger partial charge in [0, 0.05) is 25.7 Å². The van der Waals surface area contributed by atoms with Gasteiger partial charge in [-0.3, -0.25) is 0 Å². The lowest BCUT2D eigenvalue weighted by Crippen LogP contribution is -2.45. The molecular weight excluding hydrogens is 599 g/mol. The summed E-state index contributed by atoms with van der Waals surface area (Å²) in [4.78, 5) is 0. The lowest BCUT2D eigenvalue weighted by atomic mass is 9.98. The Morgan fingerprint density at radius 1 is 0.449 bits per heavy atom. The third-order valence-electron chi connectivity index (χ3n) is 11.7. The van der Waals surface area contributed by atoms with Gasteiger partial charge in [0.2, 0.25) is 0 Å².